The van der Waals surface area contributed by atoms with E-state index >= 15 is 0 Å². The molecule has 3 saturated heterocycles. The molecule has 3 fully saturated rings. The zero-order valence-electron chi connectivity index (χ0n) is 18.7. The maximum absolute atomic E-state index is 13.9. The Morgan fingerprint density at radius 3 is 2.50 bits per heavy atom. The molecule has 174 valence electrons. The van der Waals surface area contributed by atoms with Crippen LogP contribution in [0.1, 0.15) is 27.2 Å². The third-order valence-corrected chi connectivity index (χ3v) is 9.73. The van der Waals surface area contributed by atoms with E-state index in [1.807, 2.05) is 13.8 Å². The lowest BCUT2D eigenvalue weighted by atomic mass is 9.66. The number of fused-ring (bicyclic) bond motifs is 1. The number of aliphatic hydroxyl groups excluding tert-OH is 1. The first kappa shape index (κ1) is 23.4. The summed E-state index contributed by atoms with van der Waals surface area (Å²) >= 11 is 7.60. The van der Waals surface area contributed by atoms with Crippen molar-refractivity contribution in [2.75, 3.05) is 19.0 Å². The van der Waals surface area contributed by atoms with Gasteiger partial charge in [-0.15, -0.1) is 11.8 Å². The van der Waals surface area contributed by atoms with Crippen LogP contribution in [0.5, 0.6) is 0 Å². The summed E-state index contributed by atoms with van der Waals surface area (Å²) in [5.41, 5.74) is 0.588. The molecule has 0 aromatic heterocycles. The van der Waals surface area contributed by atoms with E-state index < -0.39 is 28.7 Å². The predicted octanol–water partition coefficient (Wildman–Crippen LogP) is 2.38. The van der Waals surface area contributed by atoms with Gasteiger partial charge in [-0.25, -0.2) is 0 Å². The van der Waals surface area contributed by atoms with Gasteiger partial charge < -0.3 is 20.6 Å². The topological polar surface area (TPSA) is 98.7 Å². The van der Waals surface area contributed by atoms with E-state index in [-0.39, 0.29) is 41.4 Å². The Kier molecular flexibility index (Phi) is 6.24. The number of anilines is 1. The maximum Gasteiger partial charge on any atom is 0.248 e. The Balaban J connectivity index is 1.80. The number of nitrogens with zero attached hydrogens (tertiary/aromatic N) is 1. The van der Waals surface area contributed by atoms with Gasteiger partial charge in [-0.2, -0.15) is 0 Å². The summed E-state index contributed by atoms with van der Waals surface area (Å²) in [5, 5.41) is 16.4. The molecule has 7 nitrogen and oxygen atoms in total. The highest BCUT2D eigenvalue weighted by Gasteiger charge is 2.76. The minimum Gasteiger partial charge on any atom is -0.394 e. The average Bonchev–Trinajstić information content (AvgIpc) is 3.34. The quantitative estimate of drug-likeness (QED) is 0.582. The highest BCUT2D eigenvalue weighted by atomic mass is 35.5. The minimum absolute atomic E-state index is 0.00138. The summed E-state index contributed by atoms with van der Waals surface area (Å²) in [7, 11) is 1.58. The van der Waals surface area contributed by atoms with Gasteiger partial charge in [0.2, 0.25) is 17.7 Å². The number of aliphatic hydroxyl groups is 1. The van der Waals surface area contributed by atoms with Crippen LogP contribution in [0.25, 0.3) is 0 Å². The highest BCUT2D eigenvalue weighted by molar-refractivity contribution is 8.02. The van der Waals surface area contributed by atoms with Gasteiger partial charge in [-0.1, -0.05) is 32.4 Å². The van der Waals surface area contributed by atoms with E-state index in [2.05, 4.69) is 17.6 Å². The van der Waals surface area contributed by atoms with Gasteiger partial charge in [0.25, 0.3) is 0 Å². The van der Waals surface area contributed by atoms with E-state index in [1.54, 1.807) is 48.0 Å². The van der Waals surface area contributed by atoms with Crippen molar-refractivity contribution in [1.82, 2.24) is 10.2 Å². The number of likely N-dealkylation sites (tertiary alicyclic amines) is 1. The van der Waals surface area contributed by atoms with Gasteiger partial charge in [0.15, 0.2) is 0 Å². The molecule has 0 aliphatic carbocycles. The second-order valence-corrected chi connectivity index (χ2v) is 11.4. The lowest BCUT2D eigenvalue weighted by Gasteiger charge is -2.40. The van der Waals surface area contributed by atoms with Crippen LogP contribution in [0.4, 0.5) is 5.69 Å². The molecule has 2 bridgehead atoms. The Hall–Kier alpha value is -1.77. The Bertz CT molecular complexity index is 926. The first-order valence-electron chi connectivity index (χ1n) is 11.1. The second kappa shape index (κ2) is 8.54. The zero-order chi connectivity index (χ0) is 23.4. The normalized spacial score (nSPS) is 34.0. The smallest absolute Gasteiger partial charge is 0.248 e. The monoisotopic (exact) mass is 479 g/mol. The van der Waals surface area contributed by atoms with Crippen molar-refractivity contribution in [1.29, 1.82) is 0 Å². The van der Waals surface area contributed by atoms with Crippen molar-refractivity contribution < 1.29 is 19.5 Å². The molecule has 4 rings (SSSR count). The largest absolute Gasteiger partial charge is 0.394 e. The van der Waals surface area contributed by atoms with E-state index in [1.165, 1.54) is 0 Å². The summed E-state index contributed by atoms with van der Waals surface area (Å²) < 4.78 is -0.711. The van der Waals surface area contributed by atoms with E-state index in [9.17, 15) is 19.5 Å². The third kappa shape index (κ3) is 3.33. The molecular weight excluding hydrogens is 450 g/mol. The van der Waals surface area contributed by atoms with Crippen molar-refractivity contribution in [3.05, 3.63) is 29.3 Å². The molecule has 3 aliphatic rings. The molecule has 3 amide bonds. The average molecular weight is 480 g/mol. The highest BCUT2D eigenvalue weighted by Crippen LogP contribution is 2.68. The Morgan fingerprint density at radius 2 is 1.94 bits per heavy atom. The molecule has 3 aliphatic heterocycles. The van der Waals surface area contributed by atoms with Crippen LogP contribution in [0.2, 0.25) is 5.02 Å². The predicted molar refractivity (Wildman–Crippen MR) is 125 cm³/mol. The summed E-state index contributed by atoms with van der Waals surface area (Å²) in [6.07, 6.45) is 0.774. The van der Waals surface area contributed by atoms with E-state index in [0.717, 1.165) is 6.42 Å². The molecule has 9 heteroatoms. The molecule has 3 N–H and O–H groups in total. The van der Waals surface area contributed by atoms with Gasteiger partial charge in [0, 0.05) is 23.0 Å². The zero-order valence-corrected chi connectivity index (χ0v) is 20.2. The van der Waals surface area contributed by atoms with Crippen molar-refractivity contribution in [3.63, 3.8) is 0 Å². The number of hydrogen-bond acceptors (Lipinski definition) is 5. The summed E-state index contributed by atoms with van der Waals surface area (Å²) in [6, 6.07) is 5.54. The molecular formula is C23H30ClN3O4S. The van der Waals surface area contributed by atoms with Crippen molar-refractivity contribution in [2.24, 2.45) is 23.7 Å². The van der Waals surface area contributed by atoms with E-state index in [0.29, 0.717) is 10.7 Å². The molecule has 0 saturated carbocycles. The number of nitrogens with one attached hydrogen (secondary N) is 2. The van der Waals surface area contributed by atoms with Crippen LogP contribution in [-0.2, 0) is 14.4 Å². The summed E-state index contributed by atoms with van der Waals surface area (Å²) in [6.45, 7) is 5.68. The fourth-order valence-electron chi connectivity index (χ4n) is 5.95. The molecule has 3 unspecified atom stereocenters. The number of thioether (sulfide) groups is 1. The second-order valence-electron chi connectivity index (χ2n) is 9.40. The van der Waals surface area contributed by atoms with Gasteiger partial charge in [0.05, 0.1) is 29.2 Å². The molecule has 32 heavy (non-hydrogen) atoms. The van der Waals surface area contributed by atoms with Crippen LogP contribution in [0, 0.1) is 23.7 Å². The minimum atomic E-state index is -0.783. The Morgan fingerprint density at radius 1 is 1.28 bits per heavy atom. The first-order valence-corrected chi connectivity index (χ1v) is 12.3. The number of carbonyl (C=O) groups excluding carboxylic acids is 3. The lowest BCUT2D eigenvalue weighted by molar-refractivity contribution is -0.142. The standard InChI is InChI=1S/C23H30ClN3O4S/c1-11(2)15(10-28)27-19(21(30)26-14-7-5-13(24)6-8-14)23-12(3)9-16(32-23)17(20(29)25-4)18(23)22(27)31/h5-8,11-12,15-19,28H,9-10H2,1-4H3,(H,25,29)(H,26,30)/t12?,15-,16-,17+,18-,19?,23?/m0/s1. The number of halogens is 1. The van der Waals surface area contributed by atoms with Crippen molar-refractivity contribution in [3.8, 4) is 0 Å². The molecule has 1 spiro atoms. The molecule has 0 radical (unpaired) electrons. The van der Waals surface area contributed by atoms with Crippen LogP contribution in [0.3, 0.4) is 0 Å². The van der Waals surface area contributed by atoms with Gasteiger partial charge >= 0.3 is 0 Å². The number of rotatable bonds is 6. The number of benzene rings is 1. The van der Waals surface area contributed by atoms with Crippen LogP contribution in [-0.4, -0.2) is 63.5 Å². The van der Waals surface area contributed by atoms with Gasteiger partial charge in [-0.3, -0.25) is 14.4 Å². The van der Waals surface area contributed by atoms with Gasteiger partial charge in [0.1, 0.15) is 6.04 Å². The molecule has 3 heterocycles. The van der Waals surface area contributed by atoms with Gasteiger partial charge in [-0.05, 0) is 42.5 Å². The van der Waals surface area contributed by atoms with Crippen molar-refractivity contribution >= 4 is 46.8 Å². The summed E-state index contributed by atoms with van der Waals surface area (Å²) in [4.78, 5) is 42.1. The molecule has 1 aromatic carbocycles. The molecule has 7 atom stereocenters. The fraction of sp³-hybridized carbons (Fsp3) is 0.609. The summed E-state index contributed by atoms with van der Waals surface area (Å²) in [5.74, 6) is -1.70. The Labute approximate surface area is 197 Å². The van der Waals surface area contributed by atoms with Crippen LogP contribution < -0.4 is 10.6 Å². The number of carbonyl (C=O) groups is 3. The third-order valence-electron chi connectivity index (χ3n) is 7.41. The fourth-order valence-corrected chi connectivity index (χ4v) is 8.48. The maximum atomic E-state index is 13.9. The van der Waals surface area contributed by atoms with E-state index in [4.69, 9.17) is 11.6 Å². The first-order chi connectivity index (χ1) is 15.2. The van der Waals surface area contributed by atoms with Crippen molar-refractivity contribution in [2.45, 2.75) is 49.3 Å². The van der Waals surface area contributed by atoms with Crippen LogP contribution in [0.15, 0.2) is 24.3 Å². The lowest BCUT2D eigenvalue weighted by Crippen LogP contribution is -2.57. The number of hydrogen-bond donors (Lipinski definition) is 3. The molecule has 1 aromatic rings. The number of amides is 3. The SMILES string of the molecule is CNC(=O)[C@@H]1[C@@H]2CC(C)C3(S2)C(C(=O)Nc2ccc(Cl)cc2)N([C@@H](CO)C(C)C)C(=O)[C@H]13. The van der Waals surface area contributed by atoms with Crippen LogP contribution >= 0.6 is 23.4 Å².